The van der Waals surface area contributed by atoms with Crippen LogP contribution in [0.3, 0.4) is 0 Å². The predicted molar refractivity (Wildman–Crippen MR) is 84.3 cm³/mol. The molecule has 1 aromatic carbocycles. The smallest absolute Gasteiger partial charge is 0.339 e. The van der Waals surface area contributed by atoms with Crippen molar-refractivity contribution in [3.05, 3.63) is 50.6 Å². The zero-order valence-electron chi connectivity index (χ0n) is 10.9. The van der Waals surface area contributed by atoms with Gasteiger partial charge in [-0.25, -0.2) is 4.79 Å². The number of anilines is 1. The molecule has 2 aromatic rings. The van der Waals surface area contributed by atoms with E-state index in [2.05, 4.69) is 5.32 Å². The van der Waals surface area contributed by atoms with Crippen molar-refractivity contribution in [3.8, 4) is 0 Å². The summed E-state index contributed by atoms with van der Waals surface area (Å²) in [7, 11) is 0. The van der Waals surface area contributed by atoms with Gasteiger partial charge >= 0.3 is 5.97 Å². The van der Waals surface area contributed by atoms with E-state index < -0.39 is 18.0 Å². The maximum absolute atomic E-state index is 12.0. The lowest BCUT2D eigenvalue weighted by molar-refractivity contribution is -0.123. The Kier molecular flexibility index (Phi) is 5.22. The Morgan fingerprint density at radius 1 is 1.24 bits per heavy atom. The molecule has 0 saturated carbocycles. The summed E-state index contributed by atoms with van der Waals surface area (Å²) in [5.41, 5.74) is 0.708. The first-order valence-electron chi connectivity index (χ1n) is 5.97. The third kappa shape index (κ3) is 3.97. The zero-order valence-corrected chi connectivity index (χ0v) is 13.3. The molecule has 1 N–H and O–H groups in total. The SMILES string of the molecule is C[C@H](OC(=O)c1ccsc1)C(=O)Nc1c(Cl)cccc1Cl. The number of nitrogens with one attached hydrogen (secondary N) is 1. The average molecular weight is 344 g/mol. The van der Waals surface area contributed by atoms with E-state index in [4.69, 9.17) is 27.9 Å². The third-order valence-electron chi connectivity index (χ3n) is 2.62. The normalized spacial score (nSPS) is 11.8. The highest BCUT2D eigenvalue weighted by atomic mass is 35.5. The zero-order chi connectivity index (χ0) is 15.4. The molecular formula is C14H11Cl2NO3S. The molecule has 0 spiro atoms. The molecule has 7 heteroatoms. The number of benzene rings is 1. The summed E-state index contributed by atoms with van der Waals surface area (Å²) >= 11 is 13.3. The maximum atomic E-state index is 12.0. The van der Waals surface area contributed by atoms with Gasteiger partial charge in [0, 0.05) is 5.38 Å². The number of hydrogen-bond acceptors (Lipinski definition) is 4. The fourth-order valence-electron chi connectivity index (χ4n) is 1.50. The van der Waals surface area contributed by atoms with E-state index in [0.29, 0.717) is 21.3 Å². The van der Waals surface area contributed by atoms with E-state index in [9.17, 15) is 9.59 Å². The minimum absolute atomic E-state index is 0.296. The van der Waals surface area contributed by atoms with Gasteiger partial charge in [0.15, 0.2) is 6.10 Å². The molecule has 0 aliphatic heterocycles. The van der Waals surface area contributed by atoms with Crippen molar-refractivity contribution in [2.24, 2.45) is 0 Å². The average Bonchev–Trinajstić information content (AvgIpc) is 2.97. The van der Waals surface area contributed by atoms with Crippen LogP contribution in [0.5, 0.6) is 0 Å². The van der Waals surface area contributed by atoms with Crippen molar-refractivity contribution in [2.75, 3.05) is 5.32 Å². The number of hydrogen-bond donors (Lipinski definition) is 1. The van der Waals surface area contributed by atoms with Crippen LogP contribution >= 0.6 is 34.5 Å². The second-order valence-electron chi connectivity index (χ2n) is 4.15. The third-order valence-corrected chi connectivity index (χ3v) is 3.93. The summed E-state index contributed by atoms with van der Waals surface area (Å²) in [5, 5.41) is 6.58. The van der Waals surface area contributed by atoms with Gasteiger partial charge in [-0.05, 0) is 30.5 Å². The number of rotatable bonds is 4. The molecule has 0 radical (unpaired) electrons. The largest absolute Gasteiger partial charge is 0.449 e. The number of halogens is 2. The molecule has 0 bridgehead atoms. The lowest BCUT2D eigenvalue weighted by atomic mass is 10.3. The van der Waals surface area contributed by atoms with Crippen molar-refractivity contribution >= 4 is 52.1 Å². The molecule has 21 heavy (non-hydrogen) atoms. The molecule has 1 atom stereocenters. The van der Waals surface area contributed by atoms with Crippen molar-refractivity contribution in [1.82, 2.24) is 0 Å². The van der Waals surface area contributed by atoms with Gasteiger partial charge in [-0.3, -0.25) is 4.79 Å². The van der Waals surface area contributed by atoms with Gasteiger partial charge in [0.2, 0.25) is 0 Å². The van der Waals surface area contributed by atoms with Crippen LogP contribution in [0.4, 0.5) is 5.69 Å². The molecule has 0 aliphatic rings. The minimum Gasteiger partial charge on any atom is -0.449 e. The molecule has 110 valence electrons. The van der Waals surface area contributed by atoms with E-state index in [1.54, 1.807) is 35.0 Å². The van der Waals surface area contributed by atoms with Gasteiger partial charge in [0.25, 0.3) is 5.91 Å². The first kappa shape index (κ1) is 15.8. The molecule has 4 nitrogen and oxygen atoms in total. The van der Waals surface area contributed by atoms with Gasteiger partial charge in [-0.2, -0.15) is 11.3 Å². The molecule has 0 aliphatic carbocycles. The molecule has 1 aromatic heterocycles. The Morgan fingerprint density at radius 2 is 1.90 bits per heavy atom. The van der Waals surface area contributed by atoms with E-state index >= 15 is 0 Å². The summed E-state index contributed by atoms with van der Waals surface area (Å²) in [6, 6.07) is 6.50. The molecule has 0 unspecified atom stereocenters. The van der Waals surface area contributed by atoms with Crippen molar-refractivity contribution < 1.29 is 14.3 Å². The van der Waals surface area contributed by atoms with Crippen LogP contribution in [0.1, 0.15) is 17.3 Å². The topological polar surface area (TPSA) is 55.4 Å². The first-order valence-corrected chi connectivity index (χ1v) is 7.67. The number of para-hydroxylation sites is 1. The van der Waals surface area contributed by atoms with E-state index in [0.717, 1.165) is 0 Å². The van der Waals surface area contributed by atoms with Crippen LogP contribution < -0.4 is 5.32 Å². The Morgan fingerprint density at radius 3 is 2.48 bits per heavy atom. The molecular weight excluding hydrogens is 333 g/mol. The second kappa shape index (κ2) is 6.93. The van der Waals surface area contributed by atoms with E-state index in [1.807, 2.05) is 0 Å². The number of esters is 1. The maximum Gasteiger partial charge on any atom is 0.339 e. The van der Waals surface area contributed by atoms with E-state index in [1.165, 1.54) is 18.3 Å². The Bertz CT molecular complexity index is 638. The van der Waals surface area contributed by atoms with Crippen LogP contribution in [0.2, 0.25) is 10.0 Å². The summed E-state index contributed by atoms with van der Waals surface area (Å²) in [6.45, 7) is 1.48. The van der Waals surface area contributed by atoms with Crippen LogP contribution in [-0.2, 0) is 9.53 Å². The van der Waals surface area contributed by atoms with Crippen LogP contribution in [0.15, 0.2) is 35.0 Å². The fourth-order valence-corrected chi connectivity index (χ4v) is 2.62. The van der Waals surface area contributed by atoms with Gasteiger partial charge in [-0.1, -0.05) is 29.3 Å². The Labute approximate surface area is 135 Å². The Hall–Kier alpha value is -1.56. The fraction of sp³-hybridized carbons (Fsp3) is 0.143. The van der Waals surface area contributed by atoms with Gasteiger partial charge in [-0.15, -0.1) is 0 Å². The minimum atomic E-state index is -0.968. The highest BCUT2D eigenvalue weighted by Gasteiger charge is 2.20. The highest BCUT2D eigenvalue weighted by molar-refractivity contribution is 7.08. The first-order chi connectivity index (χ1) is 9.99. The number of thiophene rings is 1. The van der Waals surface area contributed by atoms with Crippen molar-refractivity contribution in [1.29, 1.82) is 0 Å². The van der Waals surface area contributed by atoms with Crippen LogP contribution in [0, 0.1) is 0 Å². The lowest BCUT2D eigenvalue weighted by Gasteiger charge is -2.14. The summed E-state index contributed by atoms with van der Waals surface area (Å²) in [6.07, 6.45) is -0.968. The van der Waals surface area contributed by atoms with Gasteiger partial charge in [0.05, 0.1) is 21.3 Å². The standard InChI is InChI=1S/C14H11Cl2NO3S/c1-8(20-14(19)9-5-6-21-7-9)13(18)17-12-10(15)3-2-4-11(12)16/h2-8H,1H3,(H,17,18)/t8-/m0/s1. The van der Waals surface area contributed by atoms with Gasteiger partial charge < -0.3 is 10.1 Å². The van der Waals surface area contributed by atoms with Crippen molar-refractivity contribution in [3.63, 3.8) is 0 Å². The second-order valence-corrected chi connectivity index (χ2v) is 5.74. The number of ether oxygens (including phenoxy) is 1. The molecule has 1 heterocycles. The van der Waals surface area contributed by atoms with Gasteiger partial charge in [0.1, 0.15) is 0 Å². The molecule has 2 rings (SSSR count). The van der Waals surface area contributed by atoms with Crippen LogP contribution in [-0.4, -0.2) is 18.0 Å². The Balaban J connectivity index is 2.01. The molecule has 0 saturated heterocycles. The quantitative estimate of drug-likeness (QED) is 0.844. The summed E-state index contributed by atoms with van der Waals surface area (Å²) in [5.74, 6) is -1.06. The summed E-state index contributed by atoms with van der Waals surface area (Å²) in [4.78, 5) is 23.8. The molecule has 1 amide bonds. The number of amides is 1. The number of carbonyl (C=O) groups excluding carboxylic acids is 2. The number of carbonyl (C=O) groups is 2. The molecule has 0 fully saturated rings. The highest BCUT2D eigenvalue weighted by Crippen LogP contribution is 2.29. The summed E-state index contributed by atoms with van der Waals surface area (Å²) < 4.78 is 5.08. The van der Waals surface area contributed by atoms with Crippen molar-refractivity contribution in [2.45, 2.75) is 13.0 Å². The predicted octanol–water partition coefficient (Wildman–Crippen LogP) is 4.24. The van der Waals surface area contributed by atoms with Crippen LogP contribution in [0.25, 0.3) is 0 Å². The monoisotopic (exact) mass is 343 g/mol. The lowest BCUT2D eigenvalue weighted by Crippen LogP contribution is -2.30. The van der Waals surface area contributed by atoms with E-state index in [-0.39, 0.29) is 0 Å².